The quantitative estimate of drug-likeness (QED) is 0.356. The van der Waals surface area contributed by atoms with Gasteiger partial charge >= 0.3 is 0 Å². The first-order valence-corrected chi connectivity index (χ1v) is 9.33. The van der Waals surface area contributed by atoms with Gasteiger partial charge in [-0.3, -0.25) is 20.4 Å². The molecule has 0 radical (unpaired) electrons. The average molecular weight is 397 g/mol. The van der Waals surface area contributed by atoms with Gasteiger partial charge in [-0.25, -0.2) is 4.68 Å². The monoisotopic (exact) mass is 397 g/mol. The molecule has 0 unspecified atom stereocenters. The highest BCUT2D eigenvalue weighted by Crippen LogP contribution is 2.24. The number of carbonyl (C=O) groups is 2. The standard InChI is InChI=1S/C23H19N5O2/c29-21(25-26-23(30)20-12-7-15-24-20)14-13-18-16-28(19-10-5-2-6-11-19)27-22(18)17-8-3-1-4-9-17/h1-16,24H,(H,25,29)(H,26,30)/b14-13+. The summed E-state index contributed by atoms with van der Waals surface area (Å²) in [6, 6.07) is 22.8. The third kappa shape index (κ3) is 4.36. The Hall–Kier alpha value is -4.39. The second kappa shape index (κ2) is 8.74. The number of rotatable bonds is 5. The summed E-state index contributed by atoms with van der Waals surface area (Å²) in [6.45, 7) is 0. The number of aromatic nitrogens is 3. The zero-order chi connectivity index (χ0) is 20.8. The van der Waals surface area contributed by atoms with Crippen LogP contribution < -0.4 is 10.9 Å². The second-order valence-corrected chi connectivity index (χ2v) is 6.44. The summed E-state index contributed by atoms with van der Waals surface area (Å²) in [5, 5.41) is 4.70. The predicted molar refractivity (Wildman–Crippen MR) is 114 cm³/mol. The highest BCUT2D eigenvalue weighted by molar-refractivity contribution is 5.97. The molecule has 2 aromatic heterocycles. The van der Waals surface area contributed by atoms with Gasteiger partial charge in [0.1, 0.15) is 5.69 Å². The van der Waals surface area contributed by atoms with Gasteiger partial charge in [-0.2, -0.15) is 5.10 Å². The minimum Gasteiger partial charge on any atom is -0.357 e. The van der Waals surface area contributed by atoms with E-state index in [1.807, 2.05) is 66.9 Å². The molecule has 148 valence electrons. The fourth-order valence-electron chi connectivity index (χ4n) is 2.91. The molecular weight excluding hydrogens is 378 g/mol. The lowest BCUT2D eigenvalue weighted by Gasteiger charge is -2.03. The molecule has 4 aromatic rings. The van der Waals surface area contributed by atoms with Crippen molar-refractivity contribution in [3.63, 3.8) is 0 Å². The number of hydrogen-bond donors (Lipinski definition) is 3. The van der Waals surface area contributed by atoms with Gasteiger partial charge in [0.25, 0.3) is 11.8 Å². The summed E-state index contributed by atoms with van der Waals surface area (Å²) >= 11 is 0. The molecule has 0 atom stereocenters. The highest BCUT2D eigenvalue weighted by atomic mass is 16.2. The number of hydrazine groups is 1. The number of aromatic amines is 1. The Morgan fingerprint density at radius 1 is 0.900 bits per heavy atom. The number of amides is 2. The lowest BCUT2D eigenvalue weighted by atomic mass is 10.1. The first kappa shape index (κ1) is 18.9. The van der Waals surface area contributed by atoms with Gasteiger partial charge in [0.05, 0.1) is 11.4 Å². The van der Waals surface area contributed by atoms with E-state index in [1.54, 1.807) is 29.1 Å². The molecule has 0 bridgehead atoms. The van der Waals surface area contributed by atoms with Crippen LogP contribution in [0.3, 0.4) is 0 Å². The molecule has 2 heterocycles. The van der Waals surface area contributed by atoms with Crippen molar-refractivity contribution in [1.29, 1.82) is 0 Å². The molecule has 4 rings (SSSR count). The van der Waals surface area contributed by atoms with Crippen LogP contribution in [0, 0.1) is 0 Å². The summed E-state index contributed by atoms with van der Waals surface area (Å²) in [5.41, 5.74) is 8.45. The molecule has 0 saturated carbocycles. The molecule has 30 heavy (non-hydrogen) atoms. The van der Waals surface area contributed by atoms with E-state index in [1.165, 1.54) is 6.08 Å². The van der Waals surface area contributed by atoms with E-state index in [0.717, 1.165) is 22.5 Å². The van der Waals surface area contributed by atoms with Crippen molar-refractivity contribution >= 4 is 17.9 Å². The van der Waals surface area contributed by atoms with Crippen LogP contribution in [0.25, 0.3) is 23.0 Å². The minimum absolute atomic E-state index is 0.356. The maximum atomic E-state index is 12.2. The highest BCUT2D eigenvalue weighted by Gasteiger charge is 2.11. The number of nitrogens with zero attached hydrogens (tertiary/aromatic N) is 2. The van der Waals surface area contributed by atoms with Crippen molar-refractivity contribution in [3.05, 3.63) is 103 Å². The Balaban J connectivity index is 1.54. The van der Waals surface area contributed by atoms with Crippen molar-refractivity contribution < 1.29 is 9.59 Å². The topological polar surface area (TPSA) is 91.8 Å². The Kier molecular flexibility index (Phi) is 5.52. The number of carbonyl (C=O) groups excluding carboxylic acids is 2. The van der Waals surface area contributed by atoms with Gasteiger partial charge in [0, 0.05) is 29.6 Å². The van der Waals surface area contributed by atoms with Crippen molar-refractivity contribution in [2.45, 2.75) is 0 Å². The largest absolute Gasteiger partial charge is 0.357 e. The zero-order valence-electron chi connectivity index (χ0n) is 15.9. The van der Waals surface area contributed by atoms with E-state index in [0.29, 0.717) is 5.69 Å². The van der Waals surface area contributed by atoms with Crippen LogP contribution in [0.4, 0.5) is 0 Å². The summed E-state index contributed by atoms with van der Waals surface area (Å²) in [5.74, 6) is -0.884. The van der Waals surface area contributed by atoms with Crippen LogP contribution in [0.1, 0.15) is 16.1 Å². The second-order valence-electron chi connectivity index (χ2n) is 6.44. The molecular formula is C23H19N5O2. The molecule has 7 heteroatoms. The number of hydrogen-bond acceptors (Lipinski definition) is 3. The predicted octanol–water partition coefficient (Wildman–Crippen LogP) is 3.34. The lowest BCUT2D eigenvalue weighted by Crippen LogP contribution is -2.40. The Labute approximate surface area is 173 Å². The summed E-state index contributed by atoms with van der Waals surface area (Å²) in [4.78, 5) is 26.8. The molecule has 3 N–H and O–H groups in total. The van der Waals surface area contributed by atoms with Crippen molar-refractivity contribution in [2.75, 3.05) is 0 Å². The molecule has 7 nitrogen and oxygen atoms in total. The molecule has 0 aliphatic heterocycles. The van der Waals surface area contributed by atoms with E-state index < -0.39 is 11.8 Å². The van der Waals surface area contributed by atoms with E-state index in [9.17, 15) is 9.59 Å². The fraction of sp³-hybridized carbons (Fsp3) is 0. The normalized spacial score (nSPS) is 10.8. The van der Waals surface area contributed by atoms with E-state index in [4.69, 9.17) is 5.10 Å². The van der Waals surface area contributed by atoms with Crippen LogP contribution in [-0.2, 0) is 4.79 Å². The van der Waals surface area contributed by atoms with Gasteiger partial charge in [-0.05, 0) is 30.3 Å². The maximum absolute atomic E-state index is 12.2. The molecule has 0 saturated heterocycles. The van der Waals surface area contributed by atoms with Crippen LogP contribution in [0.2, 0.25) is 0 Å². The van der Waals surface area contributed by atoms with E-state index >= 15 is 0 Å². The number of para-hydroxylation sites is 1. The van der Waals surface area contributed by atoms with Crippen LogP contribution >= 0.6 is 0 Å². The van der Waals surface area contributed by atoms with Gasteiger partial charge in [0.15, 0.2) is 0 Å². The van der Waals surface area contributed by atoms with Crippen LogP contribution in [0.15, 0.2) is 91.3 Å². The van der Waals surface area contributed by atoms with Crippen molar-refractivity contribution in [1.82, 2.24) is 25.6 Å². The average Bonchev–Trinajstić information content (AvgIpc) is 3.48. The minimum atomic E-state index is -0.457. The van der Waals surface area contributed by atoms with Gasteiger partial charge in [0.2, 0.25) is 0 Å². The third-order valence-corrected chi connectivity index (χ3v) is 4.37. The number of benzene rings is 2. The molecule has 2 aromatic carbocycles. The fourth-order valence-corrected chi connectivity index (χ4v) is 2.91. The molecule has 0 aliphatic carbocycles. The molecule has 0 fully saturated rings. The Morgan fingerprint density at radius 3 is 2.33 bits per heavy atom. The smallest absolute Gasteiger partial charge is 0.286 e. The zero-order valence-corrected chi connectivity index (χ0v) is 15.9. The molecule has 0 aliphatic rings. The van der Waals surface area contributed by atoms with Crippen LogP contribution in [0.5, 0.6) is 0 Å². The molecule has 0 spiro atoms. The van der Waals surface area contributed by atoms with Gasteiger partial charge in [-0.1, -0.05) is 48.5 Å². The first-order chi connectivity index (χ1) is 14.7. The van der Waals surface area contributed by atoms with E-state index in [-0.39, 0.29) is 0 Å². The third-order valence-electron chi connectivity index (χ3n) is 4.37. The van der Waals surface area contributed by atoms with Gasteiger partial charge in [-0.15, -0.1) is 0 Å². The first-order valence-electron chi connectivity index (χ1n) is 9.33. The summed E-state index contributed by atoms with van der Waals surface area (Å²) in [6.07, 6.45) is 6.52. The SMILES string of the molecule is O=C(/C=C/c1cn(-c2ccccc2)nc1-c1ccccc1)NNC(=O)c1ccc[nH]1. The lowest BCUT2D eigenvalue weighted by molar-refractivity contribution is -0.117. The summed E-state index contributed by atoms with van der Waals surface area (Å²) < 4.78 is 1.77. The van der Waals surface area contributed by atoms with Crippen molar-refractivity contribution in [2.24, 2.45) is 0 Å². The van der Waals surface area contributed by atoms with Crippen molar-refractivity contribution in [3.8, 4) is 16.9 Å². The number of H-pyrrole nitrogens is 1. The maximum Gasteiger partial charge on any atom is 0.286 e. The van der Waals surface area contributed by atoms with E-state index in [2.05, 4.69) is 15.8 Å². The Morgan fingerprint density at radius 2 is 1.63 bits per heavy atom. The van der Waals surface area contributed by atoms with Crippen LogP contribution in [-0.4, -0.2) is 26.6 Å². The number of nitrogens with one attached hydrogen (secondary N) is 3. The molecule has 2 amide bonds. The van der Waals surface area contributed by atoms with Gasteiger partial charge < -0.3 is 4.98 Å². The summed E-state index contributed by atoms with van der Waals surface area (Å²) in [7, 11) is 0. The Bertz CT molecular complexity index is 1160.